The number of ether oxygens (including phenoxy) is 1. The van der Waals surface area contributed by atoms with Crippen molar-refractivity contribution < 1.29 is 17.5 Å². The first-order valence-corrected chi connectivity index (χ1v) is 10.4. The van der Waals surface area contributed by atoms with Crippen molar-refractivity contribution in [2.45, 2.75) is 16.7 Å². The lowest BCUT2D eigenvalue weighted by atomic mass is 10.0. The lowest BCUT2D eigenvalue weighted by Crippen LogP contribution is -2.06. The standard InChI is InChI=1S/C23H18FNO3S/c1-15-3-10-19(11-4-15)29(26,27)22-14-25-21-12-7-17(24)13-20(21)23(22)16-5-8-18(28-2)9-6-16/h3-14H,1-2H3. The smallest absolute Gasteiger partial charge is 0.208 e. The summed E-state index contributed by atoms with van der Waals surface area (Å²) >= 11 is 0. The molecule has 0 bridgehead atoms. The Morgan fingerprint density at radius 2 is 1.62 bits per heavy atom. The highest BCUT2D eigenvalue weighted by molar-refractivity contribution is 7.91. The zero-order valence-corrected chi connectivity index (χ0v) is 16.7. The normalized spacial score (nSPS) is 11.6. The van der Waals surface area contributed by atoms with Crippen molar-refractivity contribution in [2.24, 2.45) is 0 Å². The van der Waals surface area contributed by atoms with E-state index in [1.807, 2.05) is 6.92 Å². The number of aryl methyl sites for hydroxylation is 1. The number of aromatic nitrogens is 1. The number of rotatable bonds is 4. The van der Waals surface area contributed by atoms with Crippen molar-refractivity contribution in [3.63, 3.8) is 0 Å². The molecule has 0 saturated heterocycles. The van der Waals surface area contributed by atoms with Gasteiger partial charge in [-0.3, -0.25) is 4.98 Å². The van der Waals surface area contributed by atoms with Gasteiger partial charge in [0.25, 0.3) is 0 Å². The number of halogens is 1. The lowest BCUT2D eigenvalue weighted by Gasteiger charge is -2.14. The molecule has 29 heavy (non-hydrogen) atoms. The first-order chi connectivity index (χ1) is 13.9. The van der Waals surface area contributed by atoms with Crippen molar-refractivity contribution in [3.05, 3.63) is 84.3 Å². The summed E-state index contributed by atoms with van der Waals surface area (Å²) < 4.78 is 46.1. The van der Waals surface area contributed by atoms with Crippen LogP contribution in [0.3, 0.4) is 0 Å². The van der Waals surface area contributed by atoms with Gasteiger partial charge in [-0.15, -0.1) is 0 Å². The predicted octanol–water partition coefficient (Wildman–Crippen LogP) is 5.19. The Morgan fingerprint density at radius 3 is 2.28 bits per heavy atom. The molecule has 0 aliphatic heterocycles. The summed E-state index contributed by atoms with van der Waals surface area (Å²) in [6.07, 6.45) is 1.34. The van der Waals surface area contributed by atoms with E-state index >= 15 is 0 Å². The molecule has 3 aromatic carbocycles. The largest absolute Gasteiger partial charge is 0.497 e. The summed E-state index contributed by atoms with van der Waals surface area (Å²) in [5.41, 5.74) is 2.52. The van der Waals surface area contributed by atoms with Crippen LogP contribution < -0.4 is 4.74 Å². The molecule has 1 heterocycles. The number of fused-ring (bicyclic) bond motifs is 1. The van der Waals surface area contributed by atoms with Gasteiger partial charge in [0.05, 0.1) is 22.4 Å². The van der Waals surface area contributed by atoms with Gasteiger partial charge >= 0.3 is 0 Å². The molecule has 0 aliphatic rings. The van der Waals surface area contributed by atoms with Crippen molar-refractivity contribution in [2.75, 3.05) is 7.11 Å². The molecular weight excluding hydrogens is 389 g/mol. The van der Waals surface area contributed by atoms with Crippen molar-refractivity contribution in [3.8, 4) is 16.9 Å². The zero-order chi connectivity index (χ0) is 20.6. The Balaban J connectivity index is 2.04. The Kier molecular flexibility index (Phi) is 4.80. The van der Waals surface area contributed by atoms with Crippen LogP contribution in [-0.2, 0) is 9.84 Å². The number of sulfone groups is 1. The molecule has 0 amide bonds. The van der Waals surface area contributed by atoms with E-state index in [9.17, 15) is 12.8 Å². The van der Waals surface area contributed by atoms with E-state index in [0.717, 1.165) is 5.56 Å². The summed E-state index contributed by atoms with van der Waals surface area (Å²) in [4.78, 5) is 4.48. The van der Waals surface area contributed by atoms with E-state index in [4.69, 9.17) is 4.74 Å². The monoisotopic (exact) mass is 407 g/mol. The van der Waals surface area contributed by atoms with Gasteiger partial charge in [0, 0.05) is 17.1 Å². The molecule has 0 aliphatic carbocycles. The second-order valence-electron chi connectivity index (χ2n) is 6.70. The van der Waals surface area contributed by atoms with Crippen molar-refractivity contribution in [1.82, 2.24) is 4.98 Å². The van der Waals surface area contributed by atoms with E-state index in [1.54, 1.807) is 61.7 Å². The number of nitrogens with zero attached hydrogens (tertiary/aromatic N) is 1. The van der Waals surface area contributed by atoms with Gasteiger partial charge in [0.1, 0.15) is 11.6 Å². The van der Waals surface area contributed by atoms with Crippen LogP contribution >= 0.6 is 0 Å². The maximum atomic E-state index is 14.0. The van der Waals surface area contributed by atoms with Gasteiger partial charge < -0.3 is 4.74 Å². The number of methoxy groups -OCH3 is 1. The quantitative estimate of drug-likeness (QED) is 0.467. The second kappa shape index (κ2) is 7.29. The number of hydrogen-bond acceptors (Lipinski definition) is 4. The van der Waals surface area contributed by atoms with Crippen molar-refractivity contribution in [1.29, 1.82) is 0 Å². The van der Waals surface area contributed by atoms with Gasteiger partial charge in [0.2, 0.25) is 9.84 Å². The average Bonchev–Trinajstić information content (AvgIpc) is 2.73. The number of pyridine rings is 1. The van der Waals surface area contributed by atoms with E-state index in [2.05, 4.69) is 4.98 Å². The third kappa shape index (κ3) is 3.47. The van der Waals surface area contributed by atoms with Crippen LogP contribution in [0.25, 0.3) is 22.0 Å². The third-order valence-electron chi connectivity index (χ3n) is 4.79. The zero-order valence-electron chi connectivity index (χ0n) is 15.9. The summed E-state index contributed by atoms with van der Waals surface area (Å²) in [6.45, 7) is 1.89. The van der Waals surface area contributed by atoms with Crippen LogP contribution in [0.1, 0.15) is 5.56 Å². The second-order valence-corrected chi connectivity index (χ2v) is 8.62. The Bertz CT molecular complexity index is 1300. The van der Waals surface area contributed by atoms with Crippen LogP contribution in [0.4, 0.5) is 4.39 Å². The maximum absolute atomic E-state index is 14.0. The fourth-order valence-electron chi connectivity index (χ4n) is 3.25. The molecule has 0 spiro atoms. The first kappa shape index (κ1) is 19.1. The molecule has 1 aromatic heterocycles. The molecule has 0 atom stereocenters. The highest BCUT2D eigenvalue weighted by Gasteiger charge is 2.25. The molecule has 146 valence electrons. The SMILES string of the molecule is COc1ccc(-c2c(S(=O)(=O)c3ccc(C)cc3)cnc3ccc(F)cc23)cc1. The van der Waals surface area contributed by atoms with Gasteiger partial charge in [-0.1, -0.05) is 29.8 Å². The fourth-order valence-corrected chi connectivity index (χ4v) is 4.69. The maximum Gasteiger partial charge on any atom is 0.208 e. The summed E-state index contributed by atoms with van der Waals surface area (Å²) in [7, 11) is -2.32. The summed E-state index contributed by atoms with van der Waals surface area (Å²) in [6, 6.07) is 17.8. The van der Waals surface area contributed by atoms with Crippen LogP contribution in [0.2, 0.25) is 0 Å². The van der Waals surface area contributed by atoms with Gasteiger partial charge in [-0.25, -0.2) is 12.8 Å². The van der Waals surface area contributed by atoms with Gasteiger partial charge in [-0.05, 0) is 55.0 Å². The highest BCUT2D eigenvalue weighted by Crippen LogP contribution is 2.37. The van der Waals surface area contributed by atoms with Crippen LogP contribution in [-0.4, -0.2) is 20.5 Å². The van der Waals surface area contributed by atoms with E-state index in [1.165, 1.54) is 18.3 Å². The van der Waals surface area contributed by atoms with Gasteiger partial charge in [-0.2, -0.15) is 0 Å². The molecule has 0 radical (unpaired) electrons. The predicted molar refractivity (Wildman–Crippen MR) is 110 cm³/mol. The number of benzene rings is 3. The number of hydrogen-bond donors (Lipinski definition) is 0. The van der Waals surface area contributed by atoms with E-state index < -0.39 is 15.7 Å². The summed E-state index contributed by atoms with van der Waals surface area (Å²) in [5.74, 6) is 0.181. The first-order valence-electron chi connectivity index (χ1n) is 8.94. The van der Waals surface area contributed by atoms with Crippen molar-refractivity contribution >= 4 is 20.7 Å². The molecular formula is C23H18FNO3S. The highest BCUT2D eigenvalue weighted by atomic mass is 32.2. The molecule has 0 N–H and O–H groups in total. The van der Waals surface area contributed by atoms with Crippen LogP contribution in [0.15, 0.2) is 82.7 Å². The molecule has 6 heteroatoms. The minimum Gasteiger partial charge on any atom is -0.497 e. The van der Waals surface area contributed by atoms with Crippen LogP contribution in [0, 0.1) is 12.7 Å². The minimum absolute atomic E-state index is 0.0321. The molecule has 0 saturated carbocycles. The molecule has 0 fully saturated rings. The lowest BCUT2D eigenvalue weighted by molar-refractivity contribution is 0.415. The topological polar surface area (TPSA) is 56.3 Å². The Morgan fingerprint density at radius 1 is 0.931 bits per heavy atom. The molecule has 4 nitrogen and oxygen atoms in total. The minimum atomic E-state index is -3.87. The average molecular weight is 407 g/mol. The molecule has 4 rings (SSSR count). The van der Waals surface area contributed by atoms with Crippen LogP contribution in [0.5, 0.6) is 5.75 Å². The Hall–Kier alpha value is -3.25. The van der Waals surface area contributed by atoms with Gasteiger partial charge in [0.15, 0.2) is 0 Å². The molecule has 4 aromatic rings. The van der Waals surface area contributed by atoms with E-state index in [0.29, 0.717) is 27.8 Å². The van der Waals surface area contributed by atoms with E-state index in [-0.39, 0.29) is 9.79 Å². The fraction of sp³-hybridized carbons (Fsp3) is 0.0870. The Labute approximate surface area is 168 Å². The molecule has 0 unspecified atom stereocenters. The third-order valence-corrected chi connectivity index (χ3v) is 6.58. The summed E-state index contributed by atoms with van der Waals surface area (Å²) in [5, 5.41) is 0.434.